The Kier molecular flexibility index (Phi) is 7.10. The summed E-state index contributed by atoms with van der Waals surface area (Å²) in [4.78, 5) is 33.5. The number of anilines is 2. The van der Waals surface area contributed by atoms with Crippen LogP contribution in [0.3, 0.4) is 0 Å². The molecule has 1 spiro atoms. The molecule has 3 heterocycles. The van der Waals surface area contributed by atoms with Gasteiger partial charge in [-0.1, -0.05) is 35.9 Å². The molecular weight excluding hydrogens is 518 g/mol. The Morgan fingerprint density at radius 1 is 0.974 bits per heavy atom. The lowest BCUT2D eigenvalue weighted by atomic mass is 9.96. The van der Waals surface area contributed by atoms with E-state index in [2.05, 4.69) is 38.1 Å². The van der Waals surface area contributed by atoms with Crippen LogP contribution in [0.4, 0.5) is 11.5 Å². The van der Waals surface area contributed by atoms with Gasteiger partial charge in [0.1, 0.15) is 12.1 Å². The maximum Gasteiger partial charge on any atom is 0.309 e. The number of benzene rings is 2. The molecule has 1 aliphatic carbocycles. The average molecular weight is 548 g/mol. The van der Waals surface area contributed by atoms with Crippen LogP contribution < -0.4 is 16.0 Å². The highest BCUT2D eigenvalue weighted by molar-refractivity contribution is 6.33. The smallest absolute Gasteiger partial charge is 0.309 e. The van der Waals surface area contributed by atoms with E-state index in [4.69, 9.17) is 21.1 Å². The van der Waals surface area contributed by atoms with Crippen molar-refractivity contribution in [3.8, 4) is 11.3 Å². The van der Waals surface area contributed by atoms with Crippen molar-refractivity contribution in [2.45, 2.75) is 44.4 Å². The molecule has 1 saturated carbocycles. The molecule has 3 aliphatic rings. The van der Waals surface area contributed by atoms with Crippen LogP contribution in [0.25, 0.3) is 11.3 Å². The van der Waals surface area contributed by atoms with E-state index in [1.165, 1.54) is 12.8 Å². The van der Waals surface area contributed by atoms with Crippen molar-refractivity contribution in [3.63, 3.8) is 0 Å². The number of hydrogen-bond acceptors (Lipinski definition) is 9. The van der Waals surface area contributed by atoms with Gasteiger partial charge in [-0.15, -0.1) is 0 Å². The molecule has 3 aromatic rings. The van der Waals surface area contributed by atoms with E-state index in [-0.39, 0.29) is 19.4 Å². The van der Waals surface area contributed by atoms with Crippen molar-refractivity contribution < 1.29 is 19.1 Å². The number of hydrogen-bond donors (Lipinski definition) is 3. The fourth-order valence-electron chi connectivity index (χ4n) is 5.03. The highest BCUT2D eigenvalue weighted by Crippen LogP contribution is 2.40. The van der Waals surface area contributed by atoms with E-state index in [0.29, 0.717) is 30.1 Å². The molecule has 0 unspecified atom stereocenters. The Hall–Kier alpha value is -3.69. The number of aromatic nitrogens is 2. The van der Waals surface area contributed by atoms with Gasteiger partial charge in [0, 0.05) is 30.3 Å². The maximum absolute atomic E-state index is 12.4. The number of nitrogens with one attached hydrogen (secondary N) is 3. The van der Waals surface area contributed by atoms with Crippen LogP contribution in [0.2, 0.25) is 5.02 Å². The lowest BCUT2D eigenvalue weighted by molar-refractivity contribution is -0.225. The number of rotatable bonds is 7. The van der Waals surface area contributed by atoms with Crippen molar-refractivity contribution >= 4 is 35.0 Å². The average Bonchev–Trinajstić information content (AvgIpc) is 3.79. The van der Waals surface area contributed by atoms with Gasteiger partial charge < -0.3 is 25.4 Å². The van der Waals surface area contributed by atoms with Crippen molar-refractivity contribution in [3.05, 3.63) is 70.5 Å². The number of carbonyl (C=O) groups excluding carboxylic acids is 2. The van der Waals surface area contributed by atoms with Crippen molar-refractivity contribution in [1.29, 1.82) is 0 Å². The summed E-state index contributed by atoms with van der Waals surface area (Å²) in [6.45, 7) is 2.27. The zero-order chi connectivity index (χ0) is 26.8. The van der Waals surface area contributed by atoms with Crippen LogP contribution in [0.5, 0.6) is 0 Å². The summed E-state index contributed by atoms with van der Waals surface area (Å²) in [5.41, 5.74) is 5.16. The molecule has 202 valence electrons. The number of carbonyl (C=O) groups is 2. The fourth-order valence-corrected chi connectivity index (χ4v) is 5.28. The van der Waals surface area contributed by atoms with Crippen LogP contribution in [-0.4, -0.2) is 41.5 Å². The number of ether oxygens (including phenoxy) is 2. The quantitative estimate of drug-likeness (QED) is 0.370. The van der Waals surface area contributed by atoms with Crippen molar-refractivity contribution in [1.82, 2.24) is 15.3 Å². The molecule has 3 N–H and O–H groups in total. The Morgan fingerprint density at radius 3 is 2.49 bits per heavy atom. The molecule has 1 aromatic heterocycles. The summed E-state index contributed by atoms with van der Waals surface area (Å²) < 4.78 is 11.5. The number of nitrogens with zero attached hydrogens (tertiary/aromatic N) is 2. The van der Waals surface area contributed by atoms with Crippen molar-refractivity contribution in [2.24, 2.45) is 5.92 Å². The monoisotopic (exact) mass is 547 g/mol. The molecule has 6 rings (SSSR count). The van der Waals surface area contributed by atoms with Crippen LogP contribution >= 0.6 is 11.6 Å². The van der Waals surface area contributed by atoms with Gasteiger partial charge in [0.2, 0.25) is 0 Å². The summed E-state index contributed by atoms with van der Waals surface area (Å²) in [7, 11) is 0. The minimum atomic E-state index is -1.51. The Bertz CT molecular complexity index is 1370. The van der Waals surface area contributed by atoms with Crippen molar-refractivity contribution in [2.75, 3.05) is 30.3 Å². The van der Waals surface area contributed by atoms with Gasteiger partial charge in [0.15, 0.2) is 0 Å². The van der Waals surface area contributed by atoms with E-state index >= 15 is 0 Å². The summed E-state index contributed by atoms with van der Waals surface area (Å²) in [6.07, 6.45) is 4.79. The molecule has 39 heavy (non-hydrogen) atoms. The first-order valence-corrected chi connectivity index (χ1v) is 13.7. The molecule has 0 bridgehead atoms. The van der Waals surface area contributed by atoms with Crippen LogP contribution in [-0.2, 0) is 37.8 Å². The third kappa shape index (κ3) is 5.69. The van der Waals surface area contributed by atoms with Gasteiger partial charge in [-0.3, -0.25) is 9.59 Å². The maximum atomic E-state index is 12.4. The molecule has 2 aliphatic heterocycles. The largest absolute Gasteiger partial charge is 0.416 e. The summed E-state index contributed by atoms with van der Waals surface area (Å²) in [6, 6.07) is 13.7. The second-order valence-corrected chi connectivity index (χ2v) is 10.6. The third-order valence-corrected chi connectivity index (χ3v) is 7.64. The number of halogens is 1. The summed E-state index contributed by atoms with van der Waals surface area (Å²) in [5, 5.41) is 10.7. The third-order valence-electron chi connectivity index (χ3n) is 7.33. The predicted molar refractivity (Wildman–Crippen MR) is 147 cm³/mol. The Labute approximate surface area is 231 Å². The molecular formula is C29H30ClN5O4. The van der Waals surface area contributed by atoms with Gasteiger partial charge in [-0.05, 0) is 55.0 Å². The molecule has 0 amide bonds. The summed E-state index contributed by atoms with van der Waals surface area (Å²) in [5.74, 6) is -0.830. The van der Waals surface area contributed by atoms with E-state index in [9.17, 15) is 9.59 Å². The first-order chi connectivity index (χ1) is 19.0. The van der Waals surface area contributed by atoms with Crippen LogP contribution in [0.1, 0.15) is 42.4 Å². The Balaban J connectivity index is 1.21. The van der Waals surface area contributed by atoms with Gasteiger partial charge in [0.05, 0.1) is 35.8 Å². The van der Waals surface area contributed by atoms with Gasteiger partial charge >= 0.3 is 11.9 Å². The molecule has 1 saturated heterocycles. The zero-order valence-electron chi connectivity index (χ0n) is 21.5. The molecule has 0 atom stereocenters. The lowest BCUT2D eigenvalue weighted by Crippen LogP contribution is -2.43. The minimum absolute atomic E-state index is 0.00207. The van der Waals surface area contributed by atoms with Crippen LogP contribution in [0.15, 0.2) is 48.8 Å². The zero-order valence-corrected chi connectivity index (χ0v) is 22.2. The van der Waals surface area contributed by atoms with Crippen LogP contribution in [0, 0.1) is 5.92 Å². The molecule has 10 heteroatoms. The number of esters is 2. The molecule has 9 nitrogen and oxygen atoms in total. The lowest BCUT2D eigenvalue weighted by Gasteiger charge is -2.32. The van der Waals surface area contributed by atoms with Gasteiger partial charge in [0.25, 0.3) is 5.79 Å². The molecule has 2 aromatic carbocycles. The van der Waals surface area contributed by atoms with E-state index in [1.807, 2.05) is 18.2 Å². The fraction of sp³-hybridized carbons (Fsp3) is 0.379. The Morgan fingerprint density at radius 2 is 1.74 bits per heavy atom. The highest BCUT2D eigenvalue weighted by atomic mass is 35.5. The second kappa shape index (κ2) is 10.8. The normalized spacial score (nSPS) is 18.4. The minimum Gasteiger partial charge on any atom is -0.416 e. The first-order valence-electron chi connectivity index (χ1n) is 13.3. The summed E-state index contributed by atoms with van der Waals surface area (Å²) >= 11 is 6.65. The standard InChI is InChI=1S/C29H30ClN5O4/c30-23-8-7-22-21(11-12-31-16-29(22)38-26(36)9-10-27(37)39-29)28(23)33-15-19-3-5-20(6-4-19)24-13-25(35-17-34-24)32-14-18-1-2-18/h3-8,13,17-18,31,33H,1-2,9-12,14-16H2,(H,32,34,35). The van der Waals surface area contributed by atoms with E-state index in [1.54, 1.807) is 18.5 Å². The van der Waals surface area contributed by atoms with Gasteiger partial charge in [-0.25, -0.2) is 9.97 Å². The molecule has 2 fully saturated rings. The predicted octanol–water partition coefficient (Wildman–Crippen LogP) is 4.41. The van der Waals surface area contributed by atoms with E-state index < -0.39 is 17.7 Å². The van der Waals surface area contributed by atoms with Gasteiger partial charge in [-0.2, -0.15) is 0 Å². The highest BCUT2D eigenvalue weighted by Gasteiger charge is 2.46. The topological polar surface area (TPSA) is 114 Å². The van der Waals surface area contributed by atoms with E-state index in [0.717, 1.165) is 46.4 Å². The number of fused-ring (bicyclic) bond motifs is 2. The molecule has 0 radical (unpaired) electrons. The second-order valence-electron chi connectivity index (χ2n) is 10.2. The SMILES string of the molecule is O=C1CCC(=O)OC2(CNCCc3c2ccc(Cl)c3NCc2ccc(-c3cc(NCC4CC4)ncn3)cc2)O1. The first kappa shape index (κ1) is 25.6.